The zero-order valence-electron chi connectivity index (χ0n) is 10.4. The first-order chi connectivity index (χ1) is 8.99. The highest BCUT2D eigenvalue weighted by Crippen LogP contribution is 2.53. The third-order valence-electron chi connectivity index (χ3n) is 3.05. The van der Waals surface area contributed by atoms with Crippen LogP contribution in [-0.2, 0) is 9.59 Å². The fourth-order valence-corrected chi connectivity index (χ4v) is 5.06. The lowest BCUT2D eigenvalue weighted by Crippen LogP contribution is -2.60. The normalized spacial score (nSPS) is 27.3. The van der Waals surface area contributed by atoms with Gasteiger partial charge in [0.1, 0.15) is 5.37 Å². The monoisotopic (exact) mass is 304 g/mol. The Hall–Kier alpha value is -0.700. The Bertz CT molecular complexity index is 438. The van der Waals surface area contributed by atoms with E-state index in [1.807, 2.05) is 0 Å². The lowest BCUT2D eigenvalue weighted by atomic mass is 9.92. The van der Waals surface area contributed by atoms with E-state index in [-0.39, 0.29) is 17.0 Å². The SMILES string of the molecule is C[C@@H](O)C1C(=O)N2C(C(=O)O)=C(SCCCN)S[C@H]12. The minimum absolute atomic E-state index is 0.0546. The number of carbonyl (C=O) groups excluding carboxylic acids is 1. The van der Waals surface area contributed by atoms with Crippen LogP contribution < -0.4 is 5.73 Å². The second-order valence-corrected chi connectivity index (χ2v) is 6.91. The Kier molecular flexibility index (Phi) is 4.44. The highest BCUT2D eigenvalue weighted by Gasteiger charge is 2.57. The molecule has 3 atom stereocenters. The van der Waals surface area contributed by atoms with Crippen molar-refractivity contribution in [2.24, 2.45) is 11.7 Å². The summed E-state index contributed by atoms with van der Waals surface area (Å²) in [5, 5.41) is 18.5. The zero-order valence-corrected chi connectivity index (χ0v) is 12.0. The molecule has 0 bridgehead atoms. The number of nitrogens with two attached hydrogens (primary N) is 1. The van der Waals surface area contributed by atoms with E-state index in [0.29, 0.717) is 10.8 Å². The molecule has 0 aromatic heterocycles. The Labute approximate surface area is 119 Å². The van der Waals surface area contributed by atoms with Crippen molar-refractivity contribution >= 4 is 35.4 Å². The van der Waals surface area contributed by atoms with E-state index >= 15 is 0 Å². The number of nitrogens with zero attached hydrogens (tertiary/aromatic N) is 1. The molecule has 0 aromatic rings. The average Bonchev–Trinajstić information content (AvgIpc) is 2.64. The fourth-order valence-electron chi connectivity index (χ4n) is 2.10. The van der Waals surface area contributed by atoms with Crippen LogP contribution in [0.4, 0.5) is 0 Å². The van der Waals surface area contributed by atoms with Crippen LogP contribution in [0.1, 0.15) is 13.3 Å². The summed E-state index contributed by atoms with van der Waals surface area (Å²) in [4.78, 5) is 24.5. The maximum atomic E-state index is 11.9. The molecule has 1 unspecified atom stereocenters. The van der Waals surface area contributed by atoms with Gasteiger partial charge in [0.05, 0.1) is 16.3 Å². The minimum atomic E-state index is -1.09. The molecule has 2 heterocycles. The molecule has 4 N–H and O–H groups in total. The lowest BCUT2D eigenvalue weighted by molar-refractivity contribution is -0.156. The molecule has 2 rings (SSSR count). The predicted molar refractivity (Wildman–Crippen MR) is 74.2 cm³/mol. The average molecular weight is 304 g/mol. The number of β-lactam (4-membered cyclic amide) rings is 1. The van der Waals surface area contributed by atoms with Gasteiger partial charge in [-0.3, -0.25) is 9.69 Å². The maximum Gasteiger partial charge on any atom is 0.354 e. The van der Waals surface area contributed by atoms with Gasteiger partial charge in [0.25, 0.3) is 0 Å². The smallest absolute Gasteiger partial charge is 0.354 e. The van der Waals surface area contributed by atoms with E-state index in [9.17, 15) is 19.8 Å². The molecule has 8 heteroatoms. The second-order valence-electron chi connectivity index (χ2n) is 4.41. The maximum absolute atomic E-state index is 11.9. The molecule has 6 nitrogen and oxygen atoms in total. The molecule has 106 valence electrons. The molecule has 0 radical (unpaired) electrons. The van der Waals surface area contributed by atoms with Crippen molar-refractivity contribution in [2.75, 3.05) is 12.3 Å². The third kappa shape index (κ3) is 2.49. The first-order valence-electron chi connectivity index (χ1n) is 5.97. The molecule has 2 aliphatic rings. The molecule has 0 aromatic carbocycles. The molecule has 0 saturated carbocycles. The number of fused-ring (bicyclic) bond motifs is 1. The summed E-state index contributed by atoms with van der Waals surface area (Å²) in [6.07, 6.45) is 0.0322. The topological polar surface area (TPSA) is 104 Å². The third-order valence-corrected chi connectivity index (χ3v) is 5.79. The number of hydrogen-bond acceptors (Lipinski definition) is 6. The van der Waals surface area contributed by atoms with E-state index in [0.717, 1.165) is 12.2 Å². The Morgan fingerprint density at radius 2 is 2.32 bits per heavy atom. The van der Waals surface area contributed by atoms with Gasteiger partial charge >= 0.3 is 5.97 Å². The van der Waals surface area contributed by atoms with Crippen molar-refractivity contribution < 1.29 is 19.8 Å². The second kappa shape index (κ2) is 5.74. The van der Waals surface area contributed by atoms with Gasteiger partial charge in [-0.05, 0) is 25.6 Å². The molecule has 1 fully saturated rings. The van der Waals surface area contributed by atoms with Crippen LogP contribution in [-0.4, -0.2) is 50.8 Å². The number of aliphatic hydroxyl groups is 1. The van der Waals surface area contributed by atoms with Gasteiger partial charge in [-0.15, -0.1) is 11.8 Å². The van der Waals surface area contributed by atoms with Crippen LogP contribution in [0.15, 0.2) is 9.93 Å². The standard InChI is InChI=1S/C11H16N2O4S2/c1-5(14)6-8(15)13-7(10(16)17)11(19-9(6)13)18-4-2-3-12/h5-6,9,14H,2-4,12H2,1H3,(H,16,17)/t5-,6?,9-/m1/s1. The number of thioether (sulfide) groups is 2. The quantitative estimate of drug-likeness (QED) is 0.477. The highest BCUT2D eigenvalue weighted by atomic mass is 32.2. The van der Waals surface area contributed by atoms with E-state index in [2.05, 4.69) is 0 Å². The van der Waals surface area contributed by atoms with Crippen molar-refractivity contribution in [1.29, 1.82) is 0 Å². The van der Waals surface area contributed by atoms with Crippen LogP contribution in [0, 0.1) is 5.92 Å². The van der Waals surface area contributed by atoms with Crippen LogP contribution in [0.2, 0.25) is 0 Å². The number of carboxylic acids is 1. The molecular formula is C11H16N2O4S2. The summed E-state index contributed by atoms with van der Waals surface area (Å²) in [5.74, 6) is -1.18. The van der Waals surface area contributed by atoms with Crippen LogP contribution >= 0.6 is 23.5 Å². The van der Waals surface area contributed by atoms with E-state index in [1.54, 1.807) is 6.92 Å². The van der Waals surface area contributed by atoms with Crippen molar-refractivity contribution in [3.05, 3.63) is 9.93 Å². The highest BCUT2D eigenvalue weighted by molar-refractivity contribution is 8.22. The van der Waals surface area contributed by atoms with Gasteiger partial charge in [-0.1, -0.05) is 11.8 Å². The largest absolute Gasteiger partial charge is 0.477 e. The van der Waals surface area contributed by atoms with Gasteiger partial charge in [0.15, 0.2) is 5.70 Å². The van der Waals surface area contributed by atoms with Crippen molar-refractivity contribution in [1.82, 2.24) is 4.90 Å². The number of hydrogen-bond donors (Lipinski definition) is 3. The summed E-state index contributed by atoms with van der Waals surface area (Å²) >= 11 is 2.77. The zero-order chi connectivity index (χ0) is 14.2. The number of aliphatic carboxylic acids is 1. The minimum Gasteiger partial charge on any atom is -0.477 e. The number of carboxylic acid groups (broad SMARTS) is 1. The molecule has 1 saturated heterocycles. The Morgan fingerprint density at radius 1 is 1.63 bits per heavy atom. The fraction of sp³-hybridized carbons (Fsp3) is 0.636. The number of amides is 1. The molecule has 0 aliphatic carbocycles. The van der Waals surface area contributed by atoms with E-state index in [4.69, 9.17) is 5.73 Å². The lowest BCUT2D eigenvalue weighted by Gasteiger charge is -2.43. The first-order valence-corrected chi connectivity index (χ1v) is 7.83. The van der Waals surface area contributed by atoms with Gasteiger partial charge in [0, 0.05) is 0 Å². The molecule has 2 aliphatic heterocycles. The van der Waals surface area contributed by atoms with E-state index < -0.39 is 18.0 Å². The van der Waals surface area contributed by atoms with Crippen molar-refractivity contribution in [3.63, 3.8) is 0 Å². The van der Waals surface area contributed by atoms with Crippen molar-refractivity contribution in [2.45, 2.75) is 24.8 Å². The molecule has 0 spiro atoms. The van der Waals surface area contributed by atoms with Crippen molar-refractivity contribution in [3.8, 4) is 0 Å². The molecule has 19 heavy (non-hydrogen) atoms. The predicted octanol–water partition coefficient (Wildman–Crippen LogP) is 0.234. The van der Waals surface area contributed by atoms with Gasteiger partial charge < -0.3 is 15.9 Å². The van der Waals surface area contributed by atoms with Crippen LogP contribution in [0.5, 0.6) is 0 Å². The van der Waals surface area contributed by atoms with E-state index in [1.165, 1.54) is 28.4 Å². The van der Waals surface area contributed by atoms with Gasteiger partial charge in [-0.25, -0.2) is 4.79 Å². The van der Waals surface area contributed by atoms with Crippen LogP contribution in [0.3, 0.4) is 0 Å². The molecule has 1 amide bonds. The number of rotatable bonds is 6. The summed E-state index contributed by atoms with van der Waals surface area (Å²) in [7, 11) is 0. The summed E-state index contributed by atoms with van der Waals surface area (Å²) in [6.45, 7) is 2.11. The van der Waals surface area contributed by atoms with Gasteiger partial charge in [0.2, 0.25) is 5.91 Å². The summed E-state index contributed by atoms with van der Waals surface area (Å²) in [6, 6.07) is 0. The number of aliphatic hydroxyl groups excluding tert-OH is 1. The van der Waals surface area contributed by atoms with Crippen LogP contribution in [0.25, 0.3) is 0 Å². The first kappa shape index (κ1) is 14.7. The van der Waals surface area contributed by atoms with Gasteiger partial charge in [-0.2, -0.15) is 0 Å². The summed E-state index contributed by atoms with van der Waals surface area (Å²) in [5.41, 5.74) is 5.46. The Balaban J connectivity index is 2.14. The number of carbonyl (C=O) groups is 2. The Morgan fingerprint density at radius 3 is 2.84 bits per heavy atom. The molecular weight excluding hydrogens is 288 g/mol. The summed E-state index contributed by atoms with van der Waals surface area (Å²) < 4.78 is 0.641.